The van der Waals surface area contributed by atoms with Crippen molar-refractivity contribution in [1.82, 2.24) is 0 Å². The normalized spacial score (nSPS) is 10.5. The molecule has 0 saturated carbocycles. The minimum atomic E-state index is -0.282. The van der Waals surface area contributed by atoms with Gasteiger partial charge in [-0.15, -0.1) is 11.3 Å². The number of benzene rings is 2. The summed E-state index contributed by atoms with van der Waals surface area (Å²) in [6.45, 7) is 0.317. The van der Waals surface area contributed by atoms with Gasteiger partial charge in [-0.05, 0) is 29.0 Å². The van der Waals surface area contributed by atoms with E-state index in [9.17, 15) is 4.79 Å². The fourth-order valence-corrected chi connectivity index (χ4v) is 2.89. The van der Waals surface area contributed by atoms with Crippen LogP contribution in [0.5, 0.6) is 0 Å². The second kappa shape index (κ2) is 5.24. The monoisotopic (exact) mass is 268 g/mol. The molecule has 3 rings (SSSR count). The molecule has 1 heterocycles. The first-order chi connectivity index (χ1) is 9.34. The van der Waals surface area contributed by atoms with Crippen molar-refractivity contribution in [2.45, 2.75) is 6.61 Å². The van der Waals surface area contributed by atoms with Crippen LogP contribution in [0.4, 0.5) is 0 Å². The second-order valence-electron chi connectivity index (χ2n) is 4.20. The first-order valence-corrected chi connectivity index (χ1v) is 6.90. The summed E-state index contributed by atoms with van der Waals surface area (Å²) >= 11 is 1.67. The Labute approximate surface area is 115 Å². The van der Waals surface area contributed by atoms with Crippen LogP contribution < -0.4 is 0 Å². The van der Waals surface area contributed by atoms with E-state index in [1.165, 1.54) is 4.70 Å². The van der Waals surface area contributed by atoms with Crippen molar-refractivity contribution in [3.05, 3.63) is 71.1 Å². The predicted molar refractivity (Wildman–Crippen MR) is 77.4 cm³/mol. The molecule has 0 bridgehead atoms. The van der Waals surface area contributed by atoms with Crippen LogP contribution in [-0.4, -0.2) is 5.97 Å². The van der Waals surface area contributed by atoms with Gasteiger partial charge in [-0.2, -0.15) is 0 Å². The Balaban J connectivity index is 1.75. The standard InChI is InChI=1S/C16H12O2S/c17-16(12-6-2-1-3-7-12)18-10-13-11-19-15-9-5-4-8-14(13)15/h1-9,11H,10H2. The molecule has 19 heavy (non-hydrogen) atoms. The zero-order valence-electron chi connectivity index (χ0n) is 10.2. The lowest BCUT2D eigenvalue weighted by Crippen LogP contribution is -2.04. The van der Waals surface area contributed by atoms with Crippen LogP contribution >= 0.6 is 11.3 Å². The van der Waals surface area contributed by atoms with E-state index in [2.05, 4.69) is 12.1 Å². The molecule has 0 atom stereocenters. The van der Waals surface area contributed by atoms with Crippen LogP contribution in [0.2, 0.25) is 0 Å². The molecule has 0 amide bonds. The van der Waals surface area contributed by atoms with Gasteiger partial charge in [0.05, 0.1) is 5.56 Å². The molecular formula is C16H12O2S. The molecule has 3 heteroatoms. The Morgan fingerprint density at radius 1 is 1.00 bits per heavy atom. The maximum atomic E-state index is 11.9. The van der Waals surface area contributed by atoms with Crippen LogP contribution in [0.15, 0.2) is 60.0 Å². The zero-order valence-corrected chi connectivity index (χ0v) is 11.0. The van der Waals surface area contributed by atoms with Crippen molar-refractivity contribution >= 4 is 27.4 Å². The first-order valence-electron chi connectivity index (χ1n) is 6.02. The minimum Gasteiger partial charge on any atom is -0.457 e. The topological polar surface area (TPSA) is 26.3 Å². The average molecular weight is 268 g/mol. The molecule has 0 aliphatic rings. The fourth-order valence-electron chi connectivity index (χ4n) is 1.95. The third-order valence-electron chi connectivity index (χ3n) is 2.93. The molecule has 0 spiro atoms. The van der Waals surface area contributed by atoms with E-state index in [4.69, 9.17) is 4.74 Å². The lowest BCUT2D eigenvalue weighted by Gasteiger charge is -2.04. The second-order valence-corrected chi connectivity index (χ2v) is 5.11. The Morgan fingerprint density at radius 2 is 1.74 bits per heavy atom. The highest BCUT2D eigenvalue weighted by atomic mass is 32.1. The summed E-state index contributed by atoms with van der Waals surface area (Å²) in [4.78, 5) is 11.9. The van der Waals surface area contributed by atoms with Gasteiger partial charge in [0.1, 0.15) is 6.61 Å². The number of fused-ring (bicyclic) bond motifs is 1. The van der Waals surface area contributed by atoms with Gasteiger partial charge in [-0.1, -0.05) is 36.4 Å². The number of carbonyl (C=O) groups excluding carboxylic acids is 1. The van der Waals surface area contributed by atoms with Crippen molar-refractivity contribution < 1.29 is 9.53 Å². The van der Waals surface area contributed by atoms with E-state index in [-0.39, 0.29) is 5.97 Å². The summed E-state index contributed by atoms with van der Waals surface area (Å²) in [5.41, 5.74) is 1.65. The summed E-state index contributed by atoms with van der Waals surface area (Å²) in [6.07, 6.45) is 0. The van der Waals surface area contributed by atoms with Gasteiger partial charge in [-0.25, -0.2) is 4.79 Å². The summed E-state index contributed by atoms with van der Waals surface area (Å²) in [5.74, 6) is -0.282. The molecule has 0 aliphatic heterocycles. The molecular weight excluding hydrogens is 256 g/mol. The molecule has 0 fully saturated rings. The molecule has 2 aromatic carbocycles. The smallest absolute Gasteiger partial charge is 0.338 e. The fraction of sp³-hybridized carbons (Fsp3) is 0.0625. The van der Waals surface area contributed by atoms with Gasteiger partial charge >= 0.3 is 5.97 Å². The summed E-state index contributed by atoms with van der Waals surface area (Å²) in [6, 6.07) is 17.2. The predicted octanol–water partition coefficient (Wildman–Crippen LogP) is 4.26. The van der Waals surface area contributed by atoms with Crippen molar-refractivity contribution in [2.75, 3.05) is 0 Å². The first kappa shape index (κ1) is 11.9. The molecule has 0 saturated heterocycles. The van der Waals surface area contributed by atoms with Crippen molar-refractivity contribution in [3.8, 4) is 0 Å². The molecule has 1 aromatic heterocycles. The Morgan fingerprint density at radius 3 is 2.58 bits per heavy atom. The van der Waals surface area contributed by atoms with Crippen LogP contribution in [0.25, 0.3) is 10.1 Å². The Bertz CT molecular complexity index is 701. The van der Waals surface area contributed by atoms with E-state index in [0.717, 1.165) is 10.9 Å². The molecule has 94 valence electrons. The average Bonchev–Trinajstić information content (AvgIpc) is 2.89. The van der Waals surface area contributed by atoms with Crippen LogP contribution in [-0.2, 0) is 11.3 Å². The number of thiophene rings is 1. The minimum absolute atomic E-state index is 0.282. The van der Waals surface area contributed by atoms with E-state index < -0.39 is 0 Å². The third-order valence-corrected chi connectivity index (χ3v) is 3.94. The van der Waals surface area contributed by atoms with Gasteiger partial charge in [0.25, 0.3) is 0 Å². The Kier molecular flexibility index (Phi) is 3.29. The molecule has 0 aliphatic carbocycles. The third kappa shape index (κ3) is 2.51. The molecule has 3 aromatic rings. The summed E-state index contributed by atoms with van der Waals surface area (Å²) < 4.78 is 6.56. The molecule has 0 unspecified atom stereocenters. The lowest BCUT2D eigenvalue weighted by atomic mass is 10.2. The number of hydrogen-bond acceptors (Lipinski definition) is 3. The van der Waals surface area contributed by atoms with Crippen molar-refractivity contribution in [2.24, 2.45) is 0 Å². The molecule has 2 nitrogen and oxygen atoms in total. The van der Waals surface area contributed by atoms with Crippen LogP contribution in [0.3, 0.4) is 0 Å². The van der Waals surface area contributed by atoms with Crippen molar-refractivity contribution in [3.63, 3.8) is 0 Å². The van der Waals surface area contributed by atoms with Gasteiger partial charge in [0.2, 0.25) is 0 Å². The highest BCUT2D eigenvalue weighted by molar-refractivity contribution is 7.17. The molecule has 0 radical (unpaired) electrons. The van der Waals surface area contributed by atoms with Gasteiger partial charge in [-0.3, -0.25) is 0 Å². The van der Waals surface area contributed by atoms with E-state index in [1.807, 2.05) is 35.7 Å². The largest absolute Gasteiger partial charge is 0.457 e. The quantitative estimate of drug-likeness (QED) is 0.663. The molecule has 0 N–H and O–H groups in total. The van der Waals surface area contributed by atoms with E-state index in [1.54, 1.807) is 23.5 Å². The highest BCUT2D eigenvalue weighted by Gasteiger charge is 2.08. The van der Waals surface area contributed by atoms with Gasteiger partial charge in [0, 0.05) is 10.3 Å². The summed E-state index contributed by atoms with van der Waals surface area (Å²) in [7, 11) is 0. The van der Waals surface area contributed by atoms with E-state index >= 15 is 0 Å². The maximum Gasteiger partial charge on any atom is 0.338 e. The maximum absolute atomic E-state index is 11.9. The number of rotatable bonds is 3. The Hall–Kier alpha value is -2.13. The van der Waals surface area contributed by atoms with Gasteiger partial charge < -0.3 is 4.74 Å². The highest BCUT2D eigenvalue weighted by Crippen LogP contribution is 2.26. The number of carbonyl (C=O) groups is 1. The van der Waals surface area contributed by atoms with Crippen LogP contribution in [0, 0.1) is 0 Å². The SMILES string of the molecule is O=C(OCc1csc2ccccc12)c1ccccc1. The number of hydrogen-bond donors (Lipinski definition) is 0. The van der Waals surface area contributed by atoms with Crippen LogP contribution in [0.1, 0.15) is 15.9 Å². The summed E-state index contributed by atoms with van der Waals surface area (Å²) in [5, 5.41) is 3.21. The lowest BCUT2D eigenvalue weighted by molar-refractivity contribution is 0.0475. The van der Waals surface area contributed by atoms with Gasteiger partial charge in [0.15, 0.2) is 0 Å². The van der Waals surface area contributed by atoms with E-state index in [0.29, 0.717) is 12.2 Å². The number of ether oxygens (including phenoxy) is 1. The number of esters is 1. The zero-order chi connectivity index (χ0) is 13.1. The van der Waals surface area contributed by atoms with Crippen molar-refractivity contribution in [1.29, 1.82) is 0 Å².